The molecule has 1 aliphatic rings. The highest BCUT2D eigenvalue weighted by Gasteiger charge is 2.30. The molecule has 1 fully saturated rings. The van der Waals surface area contributed by atoms with Gasteiger partial charge in [-0.15, -0.1) is 0 Å². The zero-order valence-corrected chi connectivity index (χ0v) is 13.3. The van der Waals surface area contributed by atoms with Crippen molar-refractivity contribution in [2.45, 2.75) is 24.3 Å². The molecule has 0 atom stereocenters. The molecule has 0 radical (unpaired) electrons. The second-order valence-electron chi connectivity index (χ2n) is 5.93. The van der Waals surface area contributed by atoms with Gasteiger partial charge in [0.25, 0.3) is 0 Å². The third-order valence-corrected chi connectivity index (χ3v) is 5.66. The van der Waals surface area contributed by atoms with E-state index in [0.717, 1.165) is 19.6 Å². The second kappa shape index (κ2) is 6.14. The van der Waals surface area contributed by atoms with Crippen LogP contribution < -0.4 is 5.32 Å². The van der Waals surface area contributed by atoms with Crippen LogP contribution in [0.15, 0.2) is 29.2 Å². The summed E-state index contributed by atoms with van der Waals surface area (Å²) >= 11 is 0. The van der Waals surface area contributed by atoms with E-state index in [1.807, 2.05) is 6.07 Å². The number of nitrogens with one attached hydrogen (secondary N) is 1. The van der Waals surface area contributed by atoms with Crippen LogP contribution in [0.2, 0.25) is 0 Å². The van der Waals surface area contributed by atoms with Gasteiger partial charge >= 0.3 is 0 Å². The minimum Gasteiger partial charge on any atom is -0.314 e. The van der Waals surface area contributed by atoms with Crippen LogP contribution in [0.4, 0.5) is 0 Å². The van der Waals surface area contributed by atoms with Crippen LogP contribution in [-0.2, 0) is 9.84 Å². The first-order chi connectivity index (χ1) is 9.85. The molecule has 0 amide bonds. The number of benzene rings is 1. The largest absolute Gasteiger partial charge is 0.314 e. The molecule has 0 aromatic heterocycles. The number of nitriles is 1. The molecule has 5 nitrogen and oxygen atoms in total. The lowest BCUT2D eigenvalue weighted by molar-refractivity contribution is 0.0981. The van der Waals surface area contributed by atoms with Crippen LogP contribution in [0.5, 0.6) is 0 Å². The quantitative estimate of drug-likeness (QED) is 0.899. The van der Waals surface area contributed by atoms with Crippen LogP contribution in [0, 0.1) is 11.3 Å². The summed E-state index contributed by atoms with van der Waals surface area (Å²) < 4.78 is 24.7. The molecule has 0 spiro atoms. The molecule has 1 N–H and O–H groups in total. The molecule has 1 aromatic carbocycles. The highest BCUT2D eigenvalue weighted by molar-refractivity contribution is 7.91. The Bertz CT molecular complexity index is 630. The molecule has 0 unspecified atom stereocenters. The van der Waals surface area contributed by atoms with Crippen molar-refractivity contribution < 1.29 is 8.42 Å². The lowest BCUT2D eigenvalue weighted by atomic mass is 10.0. The van der Waals surface area contributed by atoms with Gasteiger partial charge in [0.2, 0.25) is 0 Å². The fourth-order valence-corrected chi connectivity index (χ4v) is 3.77. The molecule has 1 aromatic rings. The van der Waals surface area contributed by atoms with Crippen molar-refractivity contribution in [3.63, 3.8) is 0 Å². The second-order valence-corrected chi connectivity index (χ2v) is 8.04. The highest BCUT2D eigenvalue weighted by atomic mass is 32.2. The summed E-state index contributed by atoms with van der Waals surface area (Å²) in [6.45, 7) is 7.37. The topological polar surface area (TPSA) is 73.2 Å². The maximum atomic E-state index is 12.4. The van der Waals surface area contributed by atoms with Gasteiger partial charge < -0.3 is 5.32 Å². The van der Waals surface area contributed by atoms with Gasteiger partial charge in [0.15, 0.2) is 9.84 Å². The fourth-order valence-electron chi connectivity index (χ4n) is 2.52. The summed E-state index contributed by atoms with van der Waals surface area (Å²) in [6, 6.07) is 8.10. The molecule has 1 heterocycles. The number of hydrogen-bond donors (Lipinski definition) is 1. The SMILES string of the molecule is CC1(C)CNCCN1CCS(=O)(=O)c1ccc(C#N)cc1. The van der Waals surface area contributed by atoms with Gasteiger partial charge in [-0.25, -0.2) is 8.42 Å². The van der Waals surface area contributed by atoms with Gasteiger partial charge in [0.05, 0.1) is 22.3 Å². The number of hydrogen-bond acceptors (Lipinski definition) is 5. The zero-order chi connectivity index (χ0) is 15.5. The molecule has 21 heavy (non-hydrogen) atoms. The first-order valence-electron chi connectivity index (χ1n) is 7.04. The average molecular weight is 307 g/mol. The van der Waals surface area contributed by atoms with Crippen LogP contribution >= 0.6 is 0 Å². The van der Waals surface area contributed by atoms with Crippen molar-refractivity contribution in [1.29, 1.82) is 5.26 Å². The van der Waals surface area contributed by atoms with Crippen molar-refractivity contribution in [3.05, 3.63) is 29.8 Å². The van der Waals surface area contributed by atoms with Crippen LogP contribution in [-0.4, -0.2) is 50.8 Å². The summed E-state index contributed by atoms with van der Waals surface area (Å²) in [5, 5.41) is 12.1. The van der Waals surface area contributed by atoms with E-state index >= 15 is 0 Å². The van der Waals surface area contributed by atoms with Gasteiger partial charge in [-0.2, -0.15) is 5.26 Å². The molecular weight excluding hydrogens is 286 g/mol. The van der Waals surface area contributed by atoms with E-state index in [9.17, 15) is 8.42 Å². The van der Waals surface area contributed by atoms with E-state index in [4.69, 9.17) is 5.26 Å². The van der Waals surface area contributed by atoms with Crippen molar-refractivity contribution in [2.24, 2.45) is 0 Å². The monoisotopic (exact) mass is 307 g/mol. The molecular formula is C15H21N3O2S. The molecule has 1 aliphatic heterocycles. The van der Waals surface area contributed by atoms with Gasteiger partial charge in [-0.05, 0) is 38.1 Å². The first-order valence-corrected chi connectivity index (χ1v) is 8.69. The van der Waals surface area contributed by atoms with E-state index in [-0.39, 0.29) is 16.2 Å². The van der Waals surface area contributed by atoms with Gasteiger partial charge in [-0.3, -0.25) is 4.90 Å². The summed E-state index contributed by atoms with van der Waals surface area (Å²) in [7, 11) is -3.31. The lowest BCUT2D eigenvalue weighted by Crippen LogP contribution is -2.58. The van der Waals surface area contributed by atoms with E-state index in [1.54, 1.807) is 12.1 Å². The molecule has 0 saturated carbocycles. The van der Waals surface area contributed by atoms with Crippen molar-refractivity contribution in [3.8, 4) is 6.07 Å². The average Bonchev–Trinajstić information content (AvgIpc) is 2.46. The van der Waals surface area contributed by atoms with Crippen LogP contribution in [0.1, 0.15) is 19.4 Å². The smallest absolute Gasteiger partial charge is 0.179 e. The number of piperazine rings is 1. The summed E-state index contributed by atoms with van der Waals surface area (Å²) in [6.07, 6.45) is 0. The van der Waals surface area contributed by atoms with Crippen molar-refractivity contribution >= 4 is 9.84 Å². The molecule has 1 saturated heterocycles. The standard InChI is InChI=1S/C15H21N3O2S/c1-15(2)12-17-7-8-18(15)9-10-21(19,20)14-5-3-13(11-16)4-6-14/h3-6,17H,7-10,12H2,1-2H3. The molecule has 0 aliphatic carbocycles. The van der Waals surface area contributed by atoms with Gasteiger partial charge in [0, 0.05) is 31.7 Å². The number of rotatable bonds is 4. The Morgan fingerprint density at radius 3 is 2.57 bits per heavy atom. The zero-order valence-electron chi connectivity index (χ0n) is 12.5. The summed E-state index contributed by atoms with van der Waals surface area (Å²) in [5.74, 6) is 0.0995. The maximum Gasteiger partial charge on any atom is 0.179 e. The Kier molecular flexibility index (Phi) is 4.67. The van der Waals surface area contributed by atoms with E-state index in [0.29, 0.717) is 12.1 Å². The van der Waals surface area contributed by atoms with Gasteiger partial charge in [-0.1, -0.05) is 0 Å². The van der Waals surface area contributed by atoms with E-state index < -0.39 is 9.84 Å². The summed E-state index contributed by atoms with van der Waals surface area (Å²) in [5.41, 5.74) is 0.440. The maximum absolute atomic E-state index is 12.4. The van der Waals surface area contributed by atoms with Crippen molar-refractivity contribution in [1.82, 2.24) is 10.2 Å². The third-order valence-electron chi connectivity index (χ3n) is 3.94. The molecule has 2 rings (SSSR count). The predicted molar refractivity (Wildman–Crippen MR) is 81.7 cm³/mol. The van der Waals surface area contributed by atoms with Crippen LogP contribution in [0.25, 0.3) is 0 Å². The Hall–Kier alpha value is -1.42. The Morgan fingerprint density at radius 1 is 1.33 bits per heavy atom. The molecule has 0 bridgehead atoms. The summed E-state index contributed by atoms with van der Waals surface area (Å²) in [4.78, 5) is 2.50. The normalized spacial score (nSPS) is 19.1. The van der Waals surface area contributed by atoms with E-state index in [2.05, 4.69) is 24.1 Å². The minimum atomic E-state index is -3.31. The Morgan fingerprint density at radius 2 is 2.00 bits per heavy atom. The number of nitrogens with zero attached hydrogens (tertiary/aromatic N) is 2. The lowest BCUT2D eigenvalue weighted by Gasteiger charge is -2.42. The highest BCUT2D eigenvalue weighted by Crippen LogP contribution is 2.18. The molecule has 6 heteroatoms. The van der Waals surface area contributed by atoms with E-state index in [1.165, 1.54) is 12.1 Å². The third kappa shape index (κ3) is 3.82. The van der Waals surface area contributed by atoms with Gasteiger partial charge in [0.1, 0.15) is 0 Å². The minimum absolute atomic E-state index is 0.0293. The Labute approximate surface area is 126 Å². The first kappa shape index (κ1) is 16.0. The van der Waals surface area contributed by atoms with Crippen LogP contribution in [0.3, 0.4) is 0 Å². The number of sulfone groups is 1. The predicted octanol–water partition coefficient (Wildman–Crippen LogP) is 1.02. The Balaban J connectivity index is 2.05. The molecule has 114 valence electrons. The van der Waals surface area contributed by atoms with Crippen molar-refractivity contribution in [2.75, 3.05) is 31.9 Å². The fraction of sp³-hybridized carbons (Fsp3) is 0.533.